The van der Waals surface area contributed by atoms with Crippen LogP contribution in [0.1, 0.15) is 34.6 Å². The highest BCUT2D eigenvalue weighted by Gasteiger charge is 2.20. The molecule has 138 valence electrons. The Labute approximate surface area is 155 Å². The van der Waals surface area contributed by atoms with Gasteiger partial charge in [-0.05, 0) is 72.8 Å². The van der Waals surface area contributed by atoms with E-state index in [2.05, 4.69) is 15.5 Å². The predicted molar refractivity (Wildman–Crippen MR) is 96.0 cm³/mol. The van der Waals surface area contributed by atoms with Crippen LogP contribution in [0.15, 0.2) is 54.9 Å². The Kier molecular flexibility index (Phi) is 5.55. The van der Waals surface area contributed by atoms with Crippen molar-refractivity contribution in [3.8, 4) is 11.4 Å². The first-order chi connectivity index (χ1) is 13.1. The monoisotopic (exact) mass is 366 g/mol. The molecule has 0 bridgehead atoms. The Morgan fingerprint density at radius 1 is 1.04 bits per heavy atom. The highest BCUT2D eigenvalue weighted by Crippen LogP contribution is 2.16. The Bertz CT molecular complexity index is 906. The van der Waals surface area contributed by atoms with Crippen molar-refractivity contribution >= 4 is 11.8 Å². The standard InChI is InChI=1S/C19H18N4O4/c1-3-26-17-10-6-14(7-11-17)18(24)13(2)27-19(25)15-4-8-16(9-5-15)23-12-20-21-22-23/h4-13H,3H2,1-2H3. The van der Waals surface area contributed by atoms with E-state index in [-0.39, 0.29) is 5.78 Å². The van der Waals surface area contributed by atoms with Crippen LogP contribution in [-0.4, -0.2) is 44.7 Å². The zero-order chi connectivity index (χ0) is 19.2. The molecule has 0 aliphatic rings. The lowest BCUT2D eigenvalue weighted by Gasteiger charge is -2.13. The maximum Gasteiger partial charge on any atom is 0.338 e. The number of benzene rings is 2. The van der Waals surface area contributed by atoms with E-state index < -0.39 is 12.1 Å². The van der Waals surface area contributed by atoms with Crippen molar-refractivity contribution in [3.05, 3.63) is 66.0 Å². The number of tetrazole rings is 1. The minimum atomic E-state index is -0.908. The first-order valence-corrected chi connectivity index (χ1v) is 8.40. The van der Waals surface area contributed by atoms with E-state index in [9.17, 15) is 9.59 Å². The molecule has 0 saturated heterocycles. The second-order valence-electron chi connectivity index (χ2n) is 5.67. The van der Waals surface area contributed by atoms with Crippen LogP contribution in [0.4, 0.5) is 0 Å². The fraction of sp³-hybridized carbons (Fsp3) is 0.211. The minimum Gasteiger partial charge on any atom is -0.494 e. The molecule has 3 aromatic rings. The smallest absolute Gasteiger partial charge is 0.338 e. The molecular weight excluding hydrogens is 348 g/mol. The van der Waals surface area contributed by atoms with Crippen LogP contribution in [-0.2, 0) is 4.74 Å². The maximum absolute atomic E-state index is 12.4. The van der Waals surface area contributed by atoms with Gasteiger partial charge in [0.2, 0.25) is 5.78 Å². The number of carbonyl (C=O) groups excluding carboxylic acids is 2. The molecule has 0 aliphatic carbocycles. The van der Waals surface area contributed by atoms with Gasteiger partial charge in [0.25, 0.3) is 0 Å². The van der Waals surface area contributed by atoms with Gasteiger partial charge in [0.15, 0.2) is 6.10 Å². The quantitative estimate of drug-likeness (QED) is 0.468. The molecular formula is C19H18N4O4. The first-order valence-electron chi connectivity index (χ1n) is 8.40. The van der Waals surface area contributed by atoms with Crippen LogP contribution < -0.4 is 4.74 Å². The van der Waals surface area contributed by atoms with Gasteiger partial charge in [-0.15, -0.1) is 5.10 Å². The Balaban J connectivity index is 1.63. The van der Waals surface area contributed by atoms with Crippen molar-refractivity contribution in [1.82, 2.24) is 20.2 Å². The van der Waals surface area contributed by atoms with E-state index in [0.29, 0.717) is 29.2 Å². The number of ketones is 1. The average Bonchev–Trinajstić information content (AvgIpc) is 3.23. The molecule has 3 rings (SSSR count). The van der Waals surface area contributed by atoms with E-state index in [4.69, 9.17) is 9.47 Å². The summed E-state index contributed by atoms with van der Waals surface area (Å²) in [6.45, 7) is 3.98. The van der Waals surface area contributed by atoms with Crippen molar-refractivity contribution in [1.29, 1.82) is 0 Å². The zero-order valence-corrected chi connectivity index (χ0v) is 14.9. The van der Waals surface area contributed by atoms with E-state index in [1.54, 1.807) is 55.5 Å². The molecule has 1 unspecified atom stereocenters. The molecule has 2 aromatic carbocycles. The fourth-order valence-electron chi connectivity index (χ4n) is 2.43. The van der Waals surface area contributed by atoms with E-state index in [1.165, 1.54) is 11.0 Å². The second-order valence-corrected chi connectivity index (χ2v) is 5.67. The van der Waals surface area contributed by atoms with E-state index in [0.717, 1.165) is 0 Å². The van der Waals surface area contributed by atoms with Crippen LogP contribution in [0.25, 0.3) is 5.69 Å². The highest BCUT2D eigenvalue weighted by molar-refractivity contribution is 6.01. The number of hydrogen-bond acceptors (Lipinski definition) is 7. The summed E-state index contributed by atoms with van der Waals surface area (Å²) in [5.74, 6) is -0.178. The first kappa shape index (κ1) is 18.2. The number of ether oxygens (including phenoxy) is 2. The van der Waals surface area contributed by atoms with Crippen LogP contribution >= 0.6 is 0 Å². The minimum absolute atomic E-state index is 0.281. The lowest BCUT2D eigenvalue weighted by Crippen LogP contribution is -2.24. The molecule has 0 amide bonds. The maximum atomic E-state index is 12.4. The Morgan fingerprint density at radius 3 is 2.30 bits per heavy atom. The zero-order valence-electron chi connectivity index (χ0n) is 14.9. The molecule has 1 heterocycles. The van der Waals surface area contributed by atoms with Gasteiger partial charge in [0.1, 0.15) is 12.1 Å². The molecule has 0 saturated carbocycles. The summed E-state index contributed by atoms with van der Waals surface area (Å²) in [5, 5.41) is 10.9. The summed E-state index contributed by atoms with van der Waals surface area (Å²) in [5.41, 5.74) is 1.49. The Morgan fingerprint density at radius 2 is 1.70 bits per heavy atom. The summed E-state index contributed by atoms with van der Waals surface area (Å²) in [6.07, 6.45) is 0.542. The fourth-order valence-corrected chi connectivity index (χ4v) is 2.43. The van der Waals surface area contributed by atoms with Gasteiger partial charge in [-0.3, -0.25) is 4.79 Å². The topological polar surface area (TPSA) is 96.2 Å². The normalized spacial score (nSPS) is 11.6. The van der Waals surface area contributed by atoms with Gasteiger partial charge in [0, 0.05) is 5.56 Å². The third-order valence-electron chi connectivity index (χ3n) is 3.82. The highest BCUT2D eigenvalue weighted by atomic mass is 16.5. The number of esters is 1. The van der Waals surface area contributed by atoms with Gasteiger partial charge in [-0.25, -0.2) is 9.48 Å². The van der Waals surface area contributed by atoms with Gasteiger partial charge in [-0.1, -0.05) is 0 Å². The lowest BCUT2D eigenvalue weighted by molar-refractivity contribution is 0.0319. The number of rotatable bonds is 7. The van der Waals surface area contributed by atoms with Gasteiger partial charge in [0.05, 0.1) is 17.9 Å². The number of hydrogen-bond donors (Lipinski definition) is 0. The van der Waals surface area contributed by atoms with Crippen LogP contribution in [0.3, 0.4) is 0 Å². The van der Waals surface area contributed by atoms with Crippen molar-refractivity contribution in [2.75, 3.05) is 6.61 Å². The molecule has 27 heavy (non-hydrogen) atoms. The van der Waals surface area contributed by atoms with Crippen molar-refractivity contribution in [3.63, 3.8) is 0 Å². The van der Waals surface area contributed by atoms with Gasteiger partial charge in [-0.2, -0.15) is 0 Å². The summed E-state index contributed by atoms with van der Waals surface area (Å²) >= 11 is 0. The molecule has 1 aromatic heterocycles. The largest absolute Gasteiger partial charge is 0.494 e. The summed E-state index contributed by atoms with van der Waals surface area (Å²) in [6, 6.07) is 13.3. The summed E-state index contributed by atoms with van der Waals surface area (Å²) in [7, 11) is 0. The van der Waals surface area contributed by atoms with E-state index >= 15 is 0 Å². The molecule has 1 atom stereocenters. The van der Waals surface area contributed by atoms with Crippen molar-refractivity contribution < 1.29 is 19.1 Å². The van der Waals surface area contributed by atoms with Crippen LogP contribution in [0.2, 0.25) is 0 Å². The van der Waals surface area contributed by atoms with Gasteiger partial charge < -0.3 is 9.47 Å². The predicted octanol–water partition coefficient (Wildman–Crippen LogP) is 2.49. The van der Waals surface area contributed by atoms with Crippen LogP contribution in [0, 0.1) is 0 Å². The molecule has 0 radical (unpaired) electrons. The van der Waals surface area contributed by atoms with E-state index in [1.807, 2.05) is 6.92 Å². The number of carbonyl (C=O) groups is 2. The third-order valence-corrected chi connectivity index (χ3v) is 3.82. The summed E-state index contributed by atoms with van der Waals surface area (Å²) in [4.78, 5) is 24.7. The molecule has 0 fully saturated rings. The molecule has 8 heteroatoms. The van der Waals surface area contributed by atoms with Crippen LogP contribution in [0.5, 0.6) is 5.75 Å². The molecule has 0 aliphatic heterocycles. The van der Waals surface area contributed by atoms with Gasteiger partial charge >= 0.3 is 5.97 Å². The molecule has 8 nitrogen and oxygen atoms in total. The average molecular weight is 366 g/mol. The van der Waals surface area contributed by atoms with Crippen molar-refractivity contribution in [2.45, 2.75) is 20.0 Å². The SMILES string of the molecule is CCOc1ccc(C(=O)C(C)OC(=O)c2ccc(-n3cnnn3)cc2)cc1. The second kappa shape index (κ2) is 8.22. The number of aromatic nitrogens is 4. The number of nitrogens with zero attached hydrogens (tertiary/aromatic N) is 4. The lowest BCUT2D eigenvalue weighted by atomic mass is 10.1. The third kappa shape index (κ3) is 4.35. The molecule has 0 N–H and O–H groups in total. The number of Topliss-reactive ketones (excluding diaryl/α,β-unsaturated/α-hetero) is 1. The van der Waals surface area contributed by atoms with Crippen molar-refractivity contribution in [2.24, 2.45) is 0 Å². The summed E-state index contributed by atoms with van der Waals surface area (Å²) < 4.78 is 12.1. The molecule has 0 spiro atoms. The Hall–Kier alpha value is -3.55.